The van der Waals surface area contributed by atoms with Gasteiger partial charge in [0.15, 0.2) is 22.9 Å². The fourth-order valence-corrected chi connectivity index (χ4v) is 14.0. The number of carbonyl (C=O) groups excluding carboxylic acids is 4. The molecule has 0 N–H and O–H groups in total. The van der Waals surface area contributed by atoms with E-state index in [9.17, 15) is 19.2 Å². The molecule has 12 heteroatoms. The molecule has 2 aliphatic heterocycles. The Labute approximate surface area is 605 Å². The molecule has 0 aliphatic carbocycles. The number of rotatable bonds is 77. The number of esters is 4. The first kappa shape index (κ1) is 90.9. The largest absolute Gasteiger partial charge is 0.478 e. The van der Waals surface area contributed by atoms with Gasteiger partial charge in [0.1, 0.15) is 39.6 Å². The van der Waals surface area contributed by atoms with Crippen molar-refractivity contribution in [1.29, 1.82) is 0 Å². The summed E-state index contributed by atoms with van der Waals surface area (Å²) in [7, 11) is 0. The van der Waals surface area contributed by atoms with Crippen LogP contribution in [0.15, 0.2) is 9.98 Å². The normalized spacial score (nSPS) is 15.9. The Morgan fingerprint density at radius 1 is 0.245 bits per heavy atom. The zero-order chi connectivity index (χ0) is 70.4. The number of hydrogen-bond donors (Lipinski definition) is 0. The molecule has 0 aromatic heterocycles. The summed E-state index contributed by atoms with van der Waals surface area (Å²) in [6, 6.07) is 0. The van der Waals surface area contributed by atoms with Crippen molar-refractivity contribution in [2.75, 3.05) is 39.6 Å². The van der Waals surface area contributed by atoms with E-state index in [1.807, 2.05) is 0 Å². The molecule has 0 fully saturated rings. The van der Waals surface area contributed by atoms with Crippen LogP contribution in [0, 0.1) is 0 Å². The molecule has 2 rings (SSSR count). The molecule has 0 radical (unpaired) electrons. The fourth-order valence-electron chi connectivity index (χ4n) is 14.0. The van der Waals surface area contributed by atoms with Crippen LogP contribution in [0.1, 0.15) is 464 Å². The lowest BCUT2D eigenvalue weighted by molar-refractivity contribution is -0.152. The standard InChI is InChI=1S/C86H160N2O10/c1-5-9-13-17-21-25-29-33-37-41-45-49-53-57-61-67-79-87-85(73-93-79,75-95-81(89)69-63-59-55-51-47-43-39-35-31-27-23-19-15-11-7-3)77-97-83(91)71-65-66-72-84(92)98-78-86(76-96-82(90)70-64-60-56-52-48-44-40-36-32-28-24-20-16-12-8-4)74-94-80(88-86)68-62-58-54-50-46-42-38-34-30-26-22-18-14-10-6-2/h5-78H2,1-4H3. The molecule has 0 saturated heterocycles. The molecule has 2 atom stereocenters. The highest BCUT2D eigenvalue weighted by atomic mass is 16.6. The van der Waals surface area contributed by atoms with E-state index in [0.29, 0.717) is 50.3 Å². The van der Waals surface area contributed by atoms with Gasteiger partial charge in [0, 0.05) is 38.5 Å². The summed E-state index contributed by atoms with van der Waals surface area (Å²) in [5.74, 6) is 0.0193. The van der Waals surface area contributed by atoms with Gasteiger partial charge in [0.05, 0.1) is 0 Å². The summed E-state index contributed by atoms with van der Waals surface area (Å²) in [6.45, 7) is 9.43. The first-order valence-corrected chi connectivity index (χ1v) is 43.2. The third-order valence-corrected chi connectivity index (χ3v) is 20.7. The van der Waals surface area contributed by atoms with Gasteiger partial charge in [-0.05, 0) is 38.5 Å². The van der Waals surface area contributed by atoms with Crippen LogP contribution < -0.4 is 0 Å². The average molecular weight is 1380 g/mol. The van der Waals surface area contributed by atoms with Crippen LogP contribution in [0.4, 0.5) is 0 Å². The quantitative estimate of drug-likeness (QED) is 0.0327. The second-order valence-electron chi connectivity index (χ2n) is 30.7. The summed E-state index contributed by atoms with van der Waals surface area (Å²) < 4.78 is 35.8. The van der Waals surface area contributed by atoms with Gasteiger partial charge in [-0.1, -0.05) is 387 Å². The molecule has 2 aliphatic rings. The van der Waals surface area contributed by atoms with Gasteiger partial charge in [-0.3, -0.25) is 19.2 Å². The Morgan fingerprint density at radius 2 is 0.398 bits per heavy atom. The van der Waals surface area contributed by atoms with Crippen molar-refractivity contribution in [2.45, 2.75) is 475 Å². The van der Waals surface area contributed by atoms with Crippen LogP contribution in [-0.4, -0.2) is 86.4 Å². The number of ether oxygens (including phenoxy) is 6. The predicted octanol–water partition coefficient (Wildman–Crippen LogP) is 26.1. The highest BCUT2D eigenvalue weighted by Crippen LogP contribution is 2.27. The van der Waals surface area contributed by atoms with Crippen molar-refractivity contribution >= 4 is 35.7 Å². The smallest absolute Gasteiger partial charge is 0.305 e. The molecule has 0 saturated carbocycles. The Morgan fingerprint density at radius 3 is 0.582 bits per heavy atom. The molecular weight excluding hydrogens is 1220 g/mol. The van der Waals surface area contributed by atoms with Gasteiger partial charge in [-0.15, -0.1) is 0 Å². The second-order valence-corrected chi connectivity index (χ2v) is 30.7. The van der Waals surface area contributed by atoms with Crippen molar-refractivity contribution in [1.82, 2.24) is 0 Å². The molecule has 0 spiro atoms. The molecule has 0 aromatic carbocycles. The molecule has 0 amide bonds. The molecule has 574 valence electrons. The molecular formula is C86H160N2O10. The number of aliphatic imine (C=N–C) groups is 2. The molecule has 0 bridgehead atoms. The zero-order valence-electron chi connectivity index (χ0n) is 65.3. The predicted molar refractivity (Wildman–Crippen MR) is 413 cm³/mol. The topological polar surface area (TPSA) is 148 Å². The minimum absolute atomic E-state index is 0.00235. The van der Waals surface area contributed by atoms with Crippen LogP contribution in [0.2, 0.25) is 0 Å². The van der Waals surface area contributed by atoms with Crippen LogP contribution in [0.3, 0.4) is 0 Å². The number of unbranched alkanes of at least 4 members (excludes halogenated alkanes) is 57. The number of carbonyl (C=O) groups is 4. The number of nitrogens with zero attached hydrogens (tertiary/aromatic N) is 2. The van der Waals surface area contributed by atoms with E-state index in [1.54, 1.807) is 0 Å². The van der Waals surface area contributed by atoms with Crippen LogP contribution >= 0.6 is 0 Å². The maximum absolute atomic E-state index is 13.3. The van der Waals surface area contributed by atoms with Crippen molar-refractivity contribution in [2.24, 2.45) is 9.98 Å². The Bertz CT molecular complexity index is 1760. The van der Waals surface area contributed by atoms with Gasteiger partial charge in [0.25, 0.3) is 0 Å². The van der Waals surface area contributed by atoms with Gasteiger partial charge in [-0.25, -0.2) is 9.98 Å². The summed E-state index contributed by atoms with van der Waals surface area (Å²) in [5, 5.41) is 0. The first-order valence-electron chi connectivity index (χ1n) is 43.2. The molecule has 98 heavy (non-hydrogen) atoms. The number of hydrogen-bond acceptors (Lipinski definition) is 12. The van der Waals surface area contributed by atoms with E-state index in [2.05, 4.69) is 27.7 Å². The minimum atomic E-state index is -0.983. The molecule has 0 aromatic rings. The van der Waals surface area contributed by atoms with Crippen LogP contribution in [0.5, 0.6) is 0 Å². The van der Waals surface area contributed by atoms with E-state index in [-0.39, 0.29) is 64.4 Å². The van der Waals surface area contributed by atoms with Gasteiger partial charge in [0.2, 0.25) is 0 Å². The summed E-state index contributed by atoms with van der Waals surface area (Å²) in [6.07, 6.45) is 80.4. The van der Waals surface area contributed by atoms with Gasteiger partial charge < -0.3 is 28.4 Å². The second kappa shape index (κ2) is 68.3. The Balaban J connectivity index is 1.85. The van der Waals surface area contributed by atoms with Crippen LogP contribution in [0.25, 0.3) is 0 Å². The van der Waals surface area contributed by atoms with Crippen molar-refractivity contribution < 1.29 is 47.6 Å². The maximum Gasteiger partial charge on any atom is 0.305 e. The maximum atomic E-state index is 13.3. The summed E-state index contributed by atoms with van der Waals surface area (Å²) >= 11 is 0. The average Bonchev–Trinajstić information content (AvgIpc) is 1.73. The van der Waals surface area contributed by atoms with E-state index in [0.717, 1.165) is 64.2 Å². The lowest BCUT2D eigenvalue weighted by atomic mass is 10.0. The van der Waals surface area contributed by atoms with Crippen molar-refractivity contribution in [3.8, 4) is 0 Å². The van der Waals surface area contributed by atoms with E-state index < -0.39 is 23.0 Å². The lowest BCUT2D eigenvalue weighted by Crippen LogP contribution is -2.41. The highest BCUT2D eigenvalue weighted by molar-refractivity contribution is 5.79. The van der Waals surface area contributed by atoms with E-state index >= 15 is 0 Å². The third-order valence-electron chi connectivity index (χ3n) is 20.7. The van der Waals surface area contributed by atoms with Gasteiger partial charge in [-0.2, -0.15) is 0 Å². The monoisotopic (exact) mass is 1380 g/mol. The van der Waals surface area contributed by atoms with Crippen LogP contribution in [-0.2, 0) is 47.6 Å². The van der Waals surface area contributed by atoms with E-state index in [1.165, 1.54) is 321 Å². The highest BCUT2D eigenvalue weighted by Gasteiger charge is 2.41. The third kappa shape index (κ3) is 56.4. The molecule has 12 nitrogen and oxygen atoms in total. The first-order chi connectivity index (χ1) is 48.2. The Hall–Kier alpha value is -3.18. The van der Waals surface area contributed by atoms with E-state index in [4.69, 9.17) is 38.4 Å². The summed E-state index contributed by atoms with van der Waals surface area (Å²) in [5.41, 5.74) is -1.97. The minimum Gasteiger partial charge on any atom is -0.478 e. The lowest BCUT2D eigenvalue weighted by Gasteiger charge is -2.23. The SMILES string of the molecule is CCCCCCCCCCCCCCCCCC(=O)OCC1(COC(=O)CCCCC(=O)OCC2(COC(=O)CCCCCCCCCCCCCCCCC)COC(CCCCCCCCCCCCCCCCC)=N2)COC(CCCCCCCCCCCCCCCCC)=N1. The molecule has 2 unspecified atom stereocenters. The fraction of sp³-hybridized carbons (Fsp3) is 0.930. The molecule has 2 heterocycles. The van der Waals surface area contributed by atoms with Crippen molar-refractivity contribution in [3.63, 3.8) is 0 Å². The van der Waals surface area contributed by atoms with Gasteiger partial charge >= 0.3 is 23.9 Å². The van der Waals surface area contributed by atoms with Crippen molar-refractivity contribution in [3.05, 3.63) is 0 Å². The Kier molecular flexibility index (Phi) is 63.3. The summed E-state index contributed by atoms with van der Waals surface area (Å²) in [4.78, 5) is 62.8. The zero-order valence-corrected chi connectivity index (χ0v) is 65.3.